The maximum atomic E-state index is 11.8. The van der Waals surface area contributed by atoms with Crippen molar-refractivity contribution in [2.75, 3.05) is 0 Å². The number of nitrogens with zero attached hydrogens (tertiary/aromatic N) is 3. The van der Waals surface area contributed by atoms with E-state index < -0.39 is 0 Å². The van der Waals surface area contributed by atoms with Crippen LogP contribution in [0.4, 0.5) is 0 Å². The largest absolute Gasteiger partial charge is 0.386 e. The molecule has 2 rings (SSSR count). The van der Waals surface area contributed by atoms with Gasteiger partial charge in [0.25, 0.3) is 5.91 Å². The molecule has 2 heterocycles. The first-order valence-electron chi connectivity index (χ1n) is 7.14. The van der Waals surface area contributed by atoms with Crippen molar-refractivity contribution in [2.45, 2.75) is 26.8 Å². The van der Waals surface area contributed by atoms with E-state index in [0.29, 0.717) is 6.54 Å². The Morgan fingerprint density at radius 3 is 2.96 bits per heavy atom. The number of aryl methyl sites for hydroxylation is 2. The zero-order chi connectivity index (χ0) is 16.7. The lowest BCUT2D eigenvalue weighted by atomic mass is 10.2. The maximum absolute atomic E-state index is 11.8. The molecule has 0 aliphatic rings. The average Bonchev–Trinajstić information content (AvgIpc) is 2.83. The molecule has 0 aliphatic heterocycles. The van der Waals surface area contributed by atoms with Crippen molar-refractivity contribution in [3.8, 4) is 0 Å². The number of rotatable bonds is 6. The first-order chi connectivity index (χ1) is 11.1. The third-order valence-corrected chi connectivity index (χ3v) is 3.16. The summed E-state index contributed by atoms with van der Waals surface area (Å²) >= 11 is 0. The van der Waals surface area contributed by atoms with Crippen LogP contribution < -0.4 is 11.1 Å². The van der Waals surface area contributed by atoms with Gasteiger partial charge in [0.1, 0.15) is 11.6 Å². The number of aromatic nitrogens is 2. The first kappa shape index (κ1) is 16.4. The summed E-state index contributed by atoms with van der Waals surface area (Å²) in [6.07, 6.45) is 6.64. The fourth-order valence-corrected chi connectivity index (χ4v) is 1.96. The highest BCUT2D eigenvalue weighted by Gasteiger charge is 2.07. The van der Waals surface area contributed by atoms with E-state index in [0.717, 1.165) is 22.6 Å². The summed E-state index contributed by atoms with van der Waals surface area (Å²) in [5, 5.41) is 6.93. The van der Waals surface area contributed by atoms with Gasteiger partial charge in [-0.2, -0.15) is 4.99 Å². The first-order valence-corrected chi connectivity index (χ1v) is 7.14. The Balaban J connectivity index is 1.83. The van der Waals surface area contributed by atoms with Gasteiger partial charge in [-0.05, 0) is 31.6 Å². The molecule has 0 spiro atoms. The van der Waals surface area contributed by atoms with E-state index in [1.165, 1.54) is 0 Å². The van der Waals surface area contributed by atoms with Gasteiger partial charge in [-0.3, -0.25) is 9.78 Å². The lowest BCUT2D eigenvalue weighted by Crippen LogP contribution is -2.14. The van der Waals surface area contributed by atoms with Gasteiger partial charge in [-0.1, -0.05) is 11.2 Å². The van der Waals surface area contributed by atoms with E-state index in [1.54, 1.807) is 30.7 Å². The molecule has 2 aromatic heterocycles. The van der Waals surface area contributed by atoms with Crippen molar-refractivity contribution in [3.63, 3.8) is 0 Å². The van der Waals surface area contributed by atoms with Gasteiger partial charge in [-0.15, -0.1) is 0 Å². The Morgan fingerprint density at radius 2 is 2.30 bits per heavy atom. The van der Waals surface area contributed by atoms with Crippen LogP contribution in [0.15, 0.2) is 46.3 Å². The topological polar surface area (TPSA) is 106 Å². The minimum absolute atomic E-state index is 0.144. The van der Waals surface area contributed by atoms with Crippen molar-refractivity contribution < 1.29 is 9.32 Å². The summed E-state index contributed by atoms with van der Waals surface area (Å²) in [7, 11) is 0. The number of nitrogens with two attached hydrogens (primary N) is 1. The van der Waals surface area contributed by atoms with Crippen LogP contribution in [0.3, 0.4) is 0 Å². The quantitative estimate of drug-likeness (QED) is 0.617. The van der Waals surface area contributed by atoms with Gasteiger partial charge in [0.2, 0.25) is 0 Å². The zero-order valence-electron chi connectivity index (χ0n) is 13.1. The molecule has 0 aliphatic carbocycles. The molecule has 3 N–H and O–H groups in total. The van der Waals surface area contributed by atoms with Crippen molar-refractivity contribution in [1.29, 1.82) is 0 Å². The molecule has 0 saturated carbocycles. The second kappa shape index (κ2) is 7.88. The lowest BCUT2D eigenvalue weighted by molar-refractivity contribution is -0.117. The Bertz CT molecular complexity index is 700. The molecule has 7 nitrogen and oxygen atoms in total. The minimum Gasteiger partial charge on any atom is -0.386 e. The van der Waals surface area contributed by atoms with E-state index in [1.807, 2.05) is 19.9 Å². The zero-order valence-corrected chi connectivity index (χ0v) is 13.1. The fourth-order valence-electron chi connectivity index (χ4n) is 1.96. The van der Waals surface area contributed by atoms with Gasteiger partial charge in [0.05, 0.1) is 12.1 Å². The molecular weight excluding hydrogens is 294 g/mol. The second-order valence-corrected chi connectivity index (χ2v) is 4.99. The number of amidine groups is 1. The normalized spacial score (nSPS) is 11.8. The van der Waals surface area contributed by atoms with Crippen molar-refractivity contribution >= 4 is 11.7 Å². The maximum Gasteiger partial charge on any atom is 0.252 e. The lowest BCUT2D eigenvalue weighted by Gasteiger charge is -2.00. The van der Waals surface area contributed by atoms with Gasteiger partial charge in [-0.25, -0.2) is 0 Å². The SMILES string of the molecule is Cc1noc(C)c1CNC=CC(N)=NC(=O)Cc1cccnc1. The number of hydrogen-bond donors (Lipinski definition) is 2. The molecule has 120 valence electrons. The predicted molar refractivity (Wildman–Crippen MR) is 86.5 cm³/mol. The van der Waals surface area contributed by atoms with Crippen molar-refractivity contribution in [3.05, 3.63) is 59.4 Å². The summed E-state index contributed by atoms with van der Waals surface area (Å²) in [5.74, 6) is 0.604. The number of amides is 1. The van der Waals surface area contributed by atoms with E-state index >= 15 is 0 Å². The highest BCUT2D eigenvalue weighted by Crippen LogP contribution is 2.11. The Morgan fingerprint density at radius 1 is 1.48 bits per heavy atom. The third kappa shape index (κ3) is 5.06. The van der Waals surface area contributed by atoms with Gasteiger partial charge in [0, 0.05) is 30.7 Å². The standard InChI is InChI=1S/C16H19N5O2/c1-11-14(12(2)23-21-11)10-19-7-5-15(17)20-16(22)8-13-4-3-6-18-9-13/h3-7,9,19H,8,10H2,1-2H3,(H2,17,20,22). The molecular formula is C16H19N5O2. The van der Waals surface area contributed by atoms with Crippen LogP contribution in [0.25, 0.3) is 0 Å². The average molecular weight is 313 g/mol. The summed E-state index contributed by atoms with van der Waals surface area (Å²) in [5.41, 5.74) is 8.35. The Kier molecular flexibility index (Phi) is 5.62. The molecule has 1 amide bonds. The molecule has 0 bridgehead atoms. The molecule has 0 unspecified atom stereocenters. The second-order valence-electron chi connectivity index (χ2n) is 4.99. The monoisotopic (exact) mass is 313 g/mol. The van der Waals surface area contributed by atoms with E-state index in [9.17, 15) is 4.79 Å². The number of hydrogen-bond acceptors (Lipinski definition) is 5. The molecule has 0 saturated heterocycles. The van der Waals surface area contributed by atoms with Crippen LogP contribution in [-0.2, 0) is 17.8 Å². The smallest absolute Gasteiger partial charge is 0.252 e. The molecule has 0 aromatic carbocycles. The van der Waals surface area contributed by atoms with Gasteiger partial charge in [0.15, 0.2) is 0 Å². The fraction of sp³-hybridized carbons (Fsp3) is 0.250. The number of nitrogens with one attached hydrogen (secondary N) is 1. The van der Waals surface area contributed by atoms with E-state index in [4.69, 9.17) is 10.3 Å². The summed E-state index contributed by atoms with van der Waals surface area (Å²) in [4.78, 5) is 19.5. The highest BCUT2D eigenvalue weighted by atomic mass is 16.5. The van der Waals surface area contributed by atoms with E-state index in [-0.39, 0.29) is 18.2 Å². The number of carbonyl (C=O) groups is 1. The minimum atomic E-state index is -0.314. The molecule has 0 fully saturated rings. The Labute approximate surface area is 134 Å². The van der Waals surface area contributed by atoms with Crippen LogP contribution in [0.1, 0.15) is 22.6 Å². The van der Waals surface area contributed by atoms with Gasteiger partial charge >= 0.3 is 0 Å². The third-order valence-electron chi connectivity index (χ3n) is 3.16. The molecule has 23 heavy (non-hydrogen) atoms. The van der Waals surface area contributed by atoms with Crippen LogP contribution in [0.2, 0.25) is 0 Å². The van der Waals surface area contributed by atoms with Crippen molar-refractivity contribution in [2.24, 2.45) is 10.7 Å². The van der Waals surface area contributed by atoms with Crippen LogP contribution >= 0.6 is 0 Å². The molecule has 0 atom stereocenters. The van der Waals surface area contributed by atoms with Crippen LogP contribution in [0, 0.1) is 13.8 Å². The van der Waals surface area contributed by atoms with Gasteiger partial charge < -0.3 is 15.6 Å². The predicted octanol–water partition coefficient (Wildman–Crippen LogP) is 1.42. The van der Waals surface area contributed by atoms with Crippen LogP contribution in [0.5, 0.6) is 0 Å². The number of pyridine rings is 1. The Hall–Kier alpha value is -2.96. The number of aliphatic imine (C=N–C) groups is 1. The summed E-state index contributed by atoms with van der Waals surface area (Å²) < 4.78 is 5.07. The summed E-state index contributed by atoms with van der Waals surface area (Å²) in [6, 6.07) is 3.59. The number of carbonyl (C=O) groups excluding carboxylic acids is 1. The molecule has 2 aromatic rings. The van der Waals surface area contributed by atoms with E-state index in [2.05, 4.69) is 20.4 Å². The van der Waals surface area contributed by atoms with Crippen molar-refractivity contribution in [1.82, 2.24) is 15.5 Å². The van der Waals surface area contributed by atoms with Crippen LogP contribution in [-0.4, -0.2) is 21.9 Å². The summed E-state index contributed by atoms with van der Waals surface area (Å²) in [6.45, 7) is 4.30. The molecule has 0 radical (unpaired) electrons. The highest BCUT2D eigenvalue weighted by molar-refractivity contribution is 6.00. The molecule has 7 heteroatoms.